The molecule has 1 atom stereocenters. The topological polar surface area (TPSA) is 73.4 Å². The molecular weight excluding hydrogens is 244 g/mol. The van der Waals surface area contributed by atoms with E-state index in [1.807, 2.05) is 21.8 Å². The quantitative estimate of drug-likeness (QED) is 0.857. The first kappa shape index (κ1) is 12.5. The van der Waals surface area contributed by atoms with Gasteiger partial charge in [-0.1, -0.05) is 0 Å². The van der Waals surface area contributed by atoms with Crippen LogP contribution in [0.5, 0.6) is 0 Å². The van der Waals surface area contributed by atoms with E-state index in [4.69, 9.17) is 10.5 Å². The second kappa shape index (κ2) is 5.21. The van der Waals surface area contributed by atoms with Gasteiger partial charge in [0.1, 0.15) is 11.9 Å². The van der Waals surface area contributed by atoms with Crippen LogP contribution in [0.25, 0.3) is 0 Å². The maximum absolute atomic E-state index is 12.2. The van der Waals surface area contributed by atoms with Crippen molar-refractivity contribution in [3.63, 3.8) is 0 Å². The molecule has 1 unspecified atom stereocenters. The molecule has 0 saturated carbocycles. The average molecular weight is 264 g/mol. The van der Waals surface area contributed by atoms with Crippen molar-refractivity contribution in [2.45, 2.75) is 37.8 Å². The Morgan fingerprint density at radius 3 is 2.74 bits per heavy atom. The second-order valence-corrected chi connectivity index (χ2v) is 5.28. The molecule has 6 nitrogen and oxygen atoms in total. The summed E-state index contributed by atoms with van der Waals surface area (Å²) in [5.41, 5.74) is 5.63. The van der Waals surface area contributed by atoms with E-state index < -0.39 is 0 Å². The summed E-state index contributed by atoms with van der Waals surface area (Å²) in [4.78, 5) is 14.1. The molecular formula is C13H20N4O2. The number of carbonyl (C=O) groups is 1. The number of ether oxygens (including phenoxy) is 1. The van der Waals surface area contributed by atoms with E-state index in [2.05, 4.69) is 5.10 Å². The maximum Gasteiger partial charge on any atom is 0.251 e. The number of amides is 1. The molecule has 1 aromatic rings. The van der Waals surface area contributed by atoms with Crippen LogP contribution in [0, 0.1) is 0 Å². The van der Waals surface area contributed by atoms with Crippen LogP contribution in [0.2, 0.25) is 0 Å². The molecule has 0 bridgehead atoms. The first-order valence-electron chi connectivity index (χ1n) is 6.95. The number of piperidine rings is 1. The van der Waals surface area contributed by atoms with E-state index in [1.165, 1.54) is 0 Å². The Balaban J connectivity index is 1.55. The summed E-state index contributed by atoms with van der Waals surface area (Å²) < 4.78 is 7.38. The van der Waals surface area contributed by atoms with E-state index in [0.29, 0.717) is 11.9 Å². The number of nitrogens with two attached hydrogens (primary N) is 1. The Hall–Kier alpha value is -1.56. The molecule has 3 rings (SSSR count). The van der Waals surface area contributed by atoms with Gasteiger partial charge in [0.05, 0.1) is 6.04 Å². The predicted molar refractivity (Wildman–Crippen MR) is 70.5 cm³/mol. The molecule has 2 aliphatic heterocycles. The molecule has 0 spiro atoms. The van der Waals surface area contributed by atoms with Crippen molar-refractivity contribution in [3.8, 4) is 0 Å². The number of carbonyl (C=O) groups excluding carboxylic acids is 1. The Kier molecular flexibility index (Phi) is 3.42. The Bertz CT molecular complexity index is 445. The number of hydrogen-bond acceptors (Lipinski definition) is 4. The van der Waals surface area contributed by atoms with Gasteiger partial charge in [0.25, 0.3) is 5.91 Å². The van der Waals surface area contributed by atoms with Crippen LogP contribution in [0.1, 0.15) is 31.7 Å². The number of nitrogen functional groups attached to an aromatic ring is 1. The van der Waals surface area contributed by atoms with Gasteiger partial charge in [-0.2, -0.15) is 5.10 Å². The Labute approximate surface area is 112 Å². The summed E-state index contributed by atoms with van der Waals surface area (Å²) >= 11 is 0. The van der Waals surface area contributed by atoms with Crippen molar-refractivity contribution in [3.05, 3.63) is 12.3 Å². The van der Waals surface area contributed by atoms with Gasteiger partial charge in [-0.25, -0.2) is 0 Å². The van der Waals surface area contributed by atoms with E-state index >= 15 is 0 Å². The van der Waals surface area contributed by atoms with Crippen molar-refractivity contribution in [2.75, 3.05) is 25.4 Å². The van der Waals surface area contributed by atoms with Crippen LogP contribution in [-0.4, -0.2) is 46.4 Å². The van der Waals surface area contributed by atoms with Crippen LogP contribution >= 0.6 is 0 Å². The lowest BCUT2D eigenvalue weighted by Crippen LogP contribution is -2.44. The molecule has 19 heavy (non-hydrogen) atoms. The summed E-state index contributed by atoms with van der Waals surface area (Å²) in [6, 6.07) is 2.16. The van der Waals surface area contributed by atoms with Crippen molar-refractivity contribution in [1.29, 1.82) is 0 Å². The third kappa shape index (κ3) is 2.58. The summed E-state index contributed by atoms with van der Waals surface area (Å²) in [6.07, 6.45) is 5.45. The van der Waals surface area contributed by atoms with Crippen molar-refractivity contribution >= 4 is 11.7 Å². The van der Waals surface area contributed by atoms with Gasteiger partial charge in [0.2, 0.25) is 0 Å². The second-order valence-electron chi connectivity index (χ2n) is 5.28. The molecule has 0 aliphatic carbocycles. The van der Waals surface area contributed by atoms with Gasteiger partial charge in [0.15, 0.2) is 0 Å². The molecule has 0 aromatic carbocycles. The van der Waals surface area contributed by atoms with Crippen molar-refractivity contribution < 1.29 is 9.53 Å². The number of aromatic nitrogens is 2. The number of rotatable bonds is 2. The first-order valence-corrected chi connectivity index (χ1v) is 6.95. The normalized spacial score (nSPS) is 24.8. The molecule has 3 heterocycles. The number of likely N-dealkylation sites (tertiary alicyclic amines) is 1. The fourth-order valence-corrected chi connectivity index (χ4v) is 2.88. The van der Waals surface area contributed by atoms with E-state index in [1.54, 1.807) is 0 Å². The summed E-state index contributed by atoms with van der Waals surface area (Å²) in [7, 11) is 0. The molecule has 1 amide bonds. The molecule has 6 heteroatoms. The maximum atomic E-state index is 12.2. The highest BCUT2D eigenvalue weighted by atomic mass is 16.5. The van der Waals surface area contributed by atoms with Gasteiger partial charge in [0, 0.05) is 25.9 Å². The van der Waals surface area contributed by atoms with Crippen molar-refractivity contribution in [1.82, 2.24) is 14.7 Å². The minimum atomic E-state index is -0.197. The monoisotopic (exact) mass is 264 g/mol. The largest absolute Gasteiger partial charge is 0.382 e. The molecule has 2 N–H and O–H groups in total. The highest BCUT2D eigenvalue weighted by Crippen LogP contribution is 2.24. The Morgan fingerprint density at radius 1 is 1.37 bits per heavy atom. The highest BCUT2D eigenvalue weighted by Gasteiger charge is 2.31. The smallest absolute Gasteiger partial charge is 0.251 e. The van der Waals surface area contributed by atoms with Gasteiger partial charge < -0.3 is 15.4 Å². The Morgan fingerprint density at radius 2 is 2.16 bits per heavy atom. The zero-order valence-electron chi connectivity index (χ0n) is 11.0. The molecule has 2 fully saturated rings. The first-order chi connectivity index (χ1) is 9.24. The fourth-order valence-electron chi connectivity index (χ4n) is 2.88. The zero-order chi connectivity index (χ0) is 13.2. The number of hydrogen-bond donors (Lipinski definition) is 1. The predicted octanol–water partition coefficient (Wildman–Crippen LogP) is 0.808. The van der Waals surface area contributed by atoms with Crippen molar-refractivity contribution in [2.24, 2.45) is 0 Å². The summed E-state index contributed by atoms with van der Waals surface area (Å²) in [5, 5.41) is 4.25. The molecule has 2 aliphatic rings. The minimum absolute atomic E-state index is 0.163. The molecule has 2 saturated heterocycles. The zero-order valence-corrected chi connectivity index (χ0v) is 11.0. The highest BCUT2D eigenvalue weighted by molar-refractivity contribution is 5.81. The SMILES string of the molecule is Nc1ccn(C2CCN(C(=O)C3CCCO3)CC2)n1. The van der Waals surface area contributed by atoms with Gasteiger partial charge in [-0.15, -0.1) is 0 Å². The van der Waals surface area contributed by atoms with Crippen LogP contribution in [0.4, 0.5) is 5.82 Å². The van der Waals surface area contributed by atoms with Crippen LogP contribution in [0.3, 0.4) is 0 Å². The molecule has 104 valence electrons. The fraction of sp³-hybridized carbons (Fsp3) is 0.692. The van der Waals surface area contributed by atoms with E-state index in [-0.39, 0.29) is 12.0 Å². The van der Waals surface area contributed by atoms with Crippen LogP contribution in [0.15, 0.2) is 12.3 Å². The summed E-state index contributed by atoms with van der Waals surface area (Å²) in [6.45, 7) is 2.28. The van der Waals surface area contributed by atoms with Crippen LogP contribution in [-0.2, 0) is 9.53 Å². The average Bonchev–Trinajstić information content (AvgIpc) is 3.09. The van der Waals surface area contributed by atoms with E-state index in [0.717, 1.165) is 45.4 Å². The summed E-state index contributed by atoms with van der Waals surface area (Å²) in [5.74, 6) is 0.716. The lowest BCUT2D eigenvalue weighted by atomic mass is 10.0. The van der Waals surface area contributed by atoms with E-state index in [9.17, 15) is 4.79 Å². The number of anilines is 1. The molecule has 1 aromatic heterocycles. The van der Waals surface area contributed by atoms with Crippen LogP contribution < -0.4 is 5.73 Å². The number of nitrogens with zero attached hydrogens (tertiary/aromatic N) is 3. The standard InChI is InChI=1S/C13H20N4O2/c14-12-5-8-17(15-12)10-3-6-16(7-4-10)13(18)11-2-1-9-19-11/h5,8,10-11H,1-4,6-7,9H2,(H2,14,15). The lowest BCUT2D eigenvalue weighted by molar-refractivity contribution is -0.142. The third-order valence-corrected chi connectivity index (χ3v) is 3.98. The van der Waals surface area contributed by atoms with Gasteiger partial charge in [-0.05, 0) is 31.7 Å². The molecule has 0 radical (unpaired) electrons. The van der Waals surface area contributed by atoms with Gasteiger partial charge in [-0.3, -0.25) is 9.48 Å². The van der Waals surface area contributed by atoms with Gasteiger partial charge >= 0.3 is 0 Å². The minimum Gasteiger partial charge on any atom is -0.382 e. The lowest BCUT2D eigenvalue weighted by Gasteiger charge is -2.33. The third-order valence-electron chi connectivity index (χ3n) is 3.98.